The molecule has 0 spiro atoms. The number of aromatic nitrogens is 1. The molecule has 0 radical (unpaired) electrons. The van der Waals surface area contributed by atoms with Gasteiger partial charge >= 0.3 is 0 Å². The fraction of sp³-hybridized carbons (Fsp3) is 0.562. The summed E-state index contributed by atoms with van der Waals surface area (Å²) in [4.78, 5) is 46.5. The highest BCUT2D eigenvalue weighted by Gasteiger charge is 2.44. The van der Waals surface area contributed by atoms with Gasteiger partial charge in [-0.1, -0.05) is 51.0 Å². The number of aryl methyl sites for hydroxylation is 1. The lowest BCUT2D eigenvalue weighted by atomic mass is 9.85. The van der Waals surface area contributed by atoms with Gasteiger partial charge in [0.15, 0.2) is 0 Å². The Balaban J connectivity index is 1.50. The number of carbonyl (C=O) groups excluding carboxylic acids is 3. The number of β-amino-alcohol motifs (C(OH)–C–C–N with tert-alkyl or cyclic N) is 1. The molecule has 11 nitrogen and oxygen atoms in total. The first-order chi connectivity index (χ1) is 21.0. The molecule has 1 aromatic carbocycles. The number of likely N-dealkylation sites (tertiary alicyclic amines) is 1. The monoisotopic (exact) mass is 628 g/mol. The van der Waals surface area contributed by atoms with Crippen LogP contribution in [-0.4, -0.2) is 97.1 Å². The number of nitrogens with one attached hydrogen (secondary N) is 2. The Labute approximate surface area is 263 Å². The fourth-order valence-electron chi connectivity index (χ4n) is 4.75. The molecule has 3 amide bonds. The highest BCUT2D eigenvalue weighted by atomic mass is 32.1. The lowest BCUT2D eigenvalue weighted by molar-refractivity contribution is -0.144. The Bertz CT molecular complexity index is 1270. The third kappa shape index (κ3) is 10.7. The summed E-state index contributed by atoms with van der Waals surface area (Å²) < 4.78 is 15.9. The summed E-state index contributed by atoms with van der Waals surface area (Å²) in [6.07, 6.45) is 4.44. The van der Waals surface area contributed by atoms with Crippen LogP contribution in [0.5, 0.6) is 0 Å². The van der Waals surface area contributed by atoms with Crippen LogP contribution in [-0.2, 0) is 35.1 Å². The molecule has 2 heterocycles. The highest BCUT2D eigenvalue weighted by molar-refractivity contribution is 7.13. The normalized spacial score (nSPS) is 17.2. The van der Waals surface area contributed by atoms with Crippen LogP contribution in [0.4, 0.5) is 0 Å². The first-order valence-electron chi connectivity index (χ1n) is 14.7. The number of hydrogen-bond acceptors (Lipinski definition) is 9. The summed E-state index contributed by atoms with van der Waals surface area (Å²) in [5.74, 6) is 1.26. The summed E-state index contributed by atoms with van der Waals surface area (Å²) in [5.41, 5.74) is 4.11. The third-order valence-corrected chi connectivity index (χ3v) is 8.09. The van der Waals surface area contributed by atoms with Gasteiger partial charge < -0.3 is 34.9 Å². The number of rotatable bonds is 16. The standard InChI is InChI=1S/C32H44N4O7S/c1-6-12-41-14-16-43-17-15-42-13-11-27(38)35-29(32(3,4)5)31(40)36-20-25(37)18-26(36)30(39)33-19-23-7-9-24(10-8-23)28-22(2)34-21-44-28/h1,7-10,21,25-26,29,37H,11-20H2,2-5H3,(H,33,39)(H,35,38). The number of ether oxygens (including phenoxy) is 3. The number of benzene rings is 1. The van der Waals surface area contributed by atoms with Crippen molar-refractivity contribution in [1.29, 1.82) is 0 Å². The third-order valence-electron chi connectivity index (χ3n) is 7.11. The highest BCUT2D eigenvalue weighted by Crippen LogP contribution is 2.28. The van der Waals surface area contributed by atoms with Gasteiger partial charge in [0.25, 0.3) is 0 Å². The Morgan fingerprint density at radius 1 is 1.11 bits per heavy atom. The summed E-state index contributed by atoms with van der Waals surface area (Å²) in [7, 11) is 0. The molecular formula is C32H44N4O7S. The second-order valence-electron chi connectivity index (χ2n) is 11.7. The van der Waals surface area contributed by atoms with Crippen molar-refractivity contribution in [2.45, 2.75) is 65.3 Å². The number of terminal acetylenes is 1. The predicted molar refractivity (Wildman–Crippen MR) is 168 cm³/mol. The molecule has 3 unspecified atom stereocenters. The van der Waals surface area contributed by atoms with E-state index in [-0.39, 0.29) is 51.0 Å². The average Bonchev–Trinajstić information content (AvgIpc) is 3.60. The van der Waals surface area contributed by atoms with Crippen LogP contribution in [0.15, 0.2) is 29.8 Å². The molecule has 44 heavy (non-hydrogen) atoms. The maximum absolute atomic E-state index is 13.7. The van der Waals surface area contributed by atoms with Gasteiger partial charge in [0.1, 0.15) is 18.7 Å². The van der Waals surface area contributed by atoms with Gasteiger partial charge in [-0.2, -0.15) is 0 Å². The first-order valence-corrected chi connectivity index (χ1v) is 15.6. The minimum atomic E-state index is -0.898. The van der Waals surface area contributed by atoms with E-state index in [0.717, 1.165) is 21.7 Å². The number of aliphatic hydroxyl groups excluding tert-OH is 1. The minimum Gasteiger partial charge on any atom is -0.391 e. The van der Waals surface area contributed by atoms with Gasteiger partial charge in [0.2, 0.25) is 17.7 Å². The molecule has 1 fully saturated rings. The smallest absolute Gasteiger partial charge is 0.246 e. The second kappa shape index (κ2) is 17.2. The van der Waals surface area contributed by atoms with E-state index in [4.69, 9.17) is 20.6 Å². The zero-order chi connectivity index (χ0) is 32.1. The number of nitrogens with zero attached hydrogens (tertiary/aromatic N) is 2. The molecule has 1 aliphatic heterocycles. The van der Waals surface area contributed by atoms with E-state index < -0.39 is 29.5 Å². The number of amides is 3. The molecule has 3 N–H and O–H groups in total. The van der Waals surface area contributed by atoms with E-state index in [1.165, 1.54) is 4.90 Å². The van der Waals surface area contributed by atoms with Crippen LogP contribution >= 0.6 is 11.3 Å². The first kappa shape index (κ1) is 35.1. The number of thiazole rings is 1. The lowest BCUT2D eigenvalue weighted by Crippen LogP contribution is -2.57. The minimum absolute atomic E-state index is 0.0130. The zero-order valence-corrected chi connectivity index (χ0v) is 26.8. The molecule has 3 atom stereocenters. The van der Waals surface area contributed by atoms with E-state index in [1.807, 2.05) is 57.5 Å². The van der Waals surface area contributed by atoms with Crippen LogP contribution < -0.4 is 10.6 Å². The quantitative estimate of drug-likeness (QED) is 0.190. The molecule has 3 rings (SSSR count). The van der Waals surface area contributed by atoms with Gasteiger partial charge in [-0.3, -0.25) is 14.4 Å². The van der Waals surface area contributed by atoms with Crippen molar-refractivity contribution in [2.24, 2.45) is 5.41 Å². The topological polar surface area (TPSA) is 139 Å². The van der Waals surface area contributed by atoms with E-state index in [0.29, 0.717) is 26.4 Å². The van der Waals surface area contributed by atoms with Gasteiger partial charge in [-0.25, -0.2) is 4.98 Å². The predicted octanol–water partition coefficient (Wildman–Crippen LogP) is 2.30. The summed E-state index contributed by atoms with van der Waals surface area (Å²) in [6.45, 7) is 9.63. The lowest BCUT2D eigenvalue weighted by Gasteiger charge is -2.35. The van der Waals surface area contributed by atoms with E-state index in [9.17, 15) is 19.5 Å². The van der Waals surface area contributed by atoms with Gasteiger partial charge in [-0.05, 0) is 23.5 Å². The summed E-state index contributed by atoms with van der Waals surface area (Å²) in [5, 5.41) is 16.2. The fourth-order valence-corrected chi connectivity index (χ4v) is 5.56. The van der Waals surface area contributed by atoms with Gasteiger partial charge in [0, 0.05) is 25.9 Å². The summed E-state index contributed by atoms with van der Waals surface area (Å²) >= 11 is 1.58. The van der Waals surface area contributed by atoms with Crippen molar-refractivity contribution in [1.82, 2.24) is 20.5 Å². The SMILES string of the molecule is C#CCOCCOCCOCCC(=O)NC(C(=O)N1CC(O)CC1C(=O)NCc1ccc(-c2scnc2C)cc1)C(C)(C)C. The molecule has 0 bridgehead atoms. The molecule has 0 saturated carbocycles. The Morgan fingerprint density at radius 3 is 2.39 bits per heavy atom. The number of hydrogen-bond donors (Lipinski definition) is 3. The Kier molecular flexibility index (Phi) is 13.8. The van der Waals surface area contributed by atoms with Crippen LogP contribution in [0.3, 0.4) is 0 Å². The Morgan fingerprint density at radius 2 is 1.77 bits per heavy atom. The Hall–Kier alpha value is -3.34. The van der Waals surface area contributed by atoms with Crippen LogP contribution in [0.2, 0.25) is 0 Å². The molecule has 0 aliphatic carbocycles. The molecule has 240 valence electrons. The number of aliphatic hydroxyl groups is 1. The van der Waals surface area contributed by atoms with Crippen molar-refractivity contribution in [3.63, 3.8) is 0 Å². The second-order valence-corrected chi connectivity index (χ2v) is 12.5. The molecule has 1 saturated heterocycles. The van der Waals surface area contributed by atoms with Crippen molar-refractivity contribution < 1.29 is 33.7 Å². The van der Waals surface area contributed by atoms with Crippen LogP contribution in [0, 0.1) is 24.7 Å². The van der Waals surface area contributed by atoms with Crippen molar-refractivity contribution in [3.05, 3.63) is 41.0 Å². The largest absolute Gasteiger partial charge is 0.391 e. The van der Waals surface area contributed by atoms with Crippen molar-refractivity contribution in [3.8, 4) is 22.8 Å². The van der Waals surface area contributed by atoms with E-state index in [1.54, 1.807) is 11.3 Å². The molecule has 1 aliphatic rings. The average molecular weight is 629 g/mol. The summed E-state index contributed by atoms with van der Waals surface area (Å²) in [6, 6.07) is 6.13. The molecule has 2 aromatic rings. The number of carbonyl (C=O) groups is 3. The van der Waals surface area contributed by atoms with Gasteiger partial charge in [0.05, 0.1) is 55.2 Å². The van der Waals surface area contributed by atoms with Crippen LogP contribution in [0.1, 0.15) is 44.9 Å². The van der Waals surface area contributed by atoms with Gasteiger partial charge in [-0.15, -0.1) is 17.8 Å². The molecule has 1 aromatic heterocycles. The van der Waals surface area contributed by atoms with E-state index >= 15 is 0 Å². The van der Waals surface area contributed by atoms with Crippen molar-refractivity contribution >= 4 is 29.1 Å². The van der Waals surface area contributed by atoms with E-state index in [2.05, 4.69) is 21.5 Å². The van der Waals surface area contributed by atoms with Crippen LogP contribution in [0.25, 0.3) is 10.4 Å². The maximum atomic E-state index is 13.7. The molecule has 12 heteroatoms. The zero-order valence-electron chi connectivity index (χ0n) is 26.0. The van der Waals surface area contributed by atoms with Crippen molar-refractivity contribution in [2.75, 3.05) is 46.2 Å². The maximum Gasteiger partial charge on any atom is 0.246 e. The molecular weight excluding hydrogens is 584 g/mol.